The van der Waals surface area contributed by atoms with Crippen molar-refractivity contribution in [2.75, 3.05) is 19.6 Å². The highest BCUT2D eigenvalue weighted by atomic mass is 16.5. The van der Waals surface area contributed by atoms with Crippen LogP contribution in [0.4, 0.5) is 0 Å². The summed E-state index contributed by atoms with van der Waals surface area (Å²) in [4.78, 5) is 6.31. The van der Waals surface area contributed by atoms with Gasteiger partial charge in [0.05, 0.1) is 6.54 Å². The summed E-state index contributed by atoms with van der Waals surface area (Å²) >= 11 is 0. The fraction of sp³-hybridized carbons (Fsp3) is 0.750. The molecule has 13 heavy (non-hydrogen) atoms. The molecule has 1 aliphatic heterocycles. The van der Waals surface area contributed by atoms with Crippen LogP contribution < -0.4 is 5.32 Å². The smallest absolute Gasteiger partial charge is 0.240 e. The highest BCUT2D eigenvalue weighted by molar-refractivity contribution is 4.80. The topological polar surface area (TPSA) is 54.2 Å². The molecule has 1 aromatic heterocycles. The summed E-state index contributed by atoms with van der Waals surface area (Å²) in [6.45, 7) is 6.08. The third kappa shape index (κ3) is 2.26. The van der Waals surface area contributed by atoms with Crippen molar-refractivity contribution in [3.05, 3.63) is 12.2 Å². The summed E-state index contributed by atoms with van der Waals surface area (Å²) in [6, 6.07) is 0.552. The first-order valence-corrected chi connectivity index (χ1v) is 4.56. The molecule has 1 saturated heterocycles. The number of rotatable bonds is 2. The van der Waals surface area contributed by atoms with Gasteiger partial charge in [-0.05, 0) is 6.92 Å². The van der Waals surface area contributed by atoms with Gasteiger partial charge in [-0.2, -0.15) is 4.98 Å². The fourth-order valence-corrected chi connectivity index (χ4v) is 1.61. The van der Waals surface area contributed by atoms with E-state index in [9.17, 15) is 0 Å². The van der Waals surface area contributed by atoms with E-state index in [0.29, 0.717) is 11.9 Å². The maximum Gasteiger partial charge on any atom is 0.240 e. The third-order valence-electron chi connectivity index (χ3n) is 2.22. The maximum atomic E-state index is 4.95. The van der Waals surface area contributed by atoms with Crippen LogP contribution in [-0.4, -0.2) is 40.7 Å². The van der Waals surface area contributed by atoms with E-state index in [1.54, 1.807) is 0 Å². The molecule has 1 fully saturated rings. The Morgan fingerprint density at radius 1 is 1.77 bits per heavy atom. The molecule has 0 aliphatic carbocycles. The molecule has 5 nitrogen and oxygen atoms in total. The minimum absolute atomic E-state index is 0.552. The Hall–Kier alpha value is -0.940. The van der Waals surface area contributed by atoms with E-state index >= 15 is 0 Å². The van der Waals surface area contributed by atoms with Gasteiger partial charge in [0.25, 0.3) is 0 Å². The molecule has 2 heterocycles. The maximum absolute atomic E-state index is 4.95. The lowest BCUT2D eigenvalue weighted by Gasteiger charge is -2.30. The monoisotopic (exact) mass is 182 g/mol. The van der Waals surface area contributed by atoms with Crippen LogP contribution in [0.25, 0.3) is 0 Å². The molecule has 0 spiro atoms. The van der Waals surface area contributed by atoms with Gasteiger partial charge in [0.2, 0.25) is 5.89 Å². The molecule has 1 N–H and O–H groups in total. The Labute approximate surface area is 77.1 Å². The zero-order valence-electron chi connectivity index (χ0n) is 7.73. The molecule has 1 atom stereocenters. The van der Waals surface area contributed by atoms with Gasteiger partial charge in [0, 0.05) is 25.7 Å². The molecular weight excluding hydrogens is 168 g/mol. The standard InChI is InChI=1S/C8H14N4O/c1-7-4-12(3-2-9-7)5-8-10-6-11-13-8/h6-7,9H,2-5H2,1H3/t7-/m1/s1. The van der Waals surface area contributed by atoms with Gasteiger partial charge in [0.15, 0.2) is 6.33 Å². The fourth-order valence-electron chi connectivity index (χ4n) is 1.61. The molecule has 72 valence electrons. The predicted molar refractivity (Wildman–Crippen MR) is 47.0 cm³/mol. The van der Waals surface area contributed by atoms with Gasteiger partial charge in [-0.15, -0.1) is 0 Å². The molecule has 0 amide bonds. The zero-order valence-corrected chi connectivity index (χ0v) is 7.73. The average molecular weight is 182 g/mol. The summed E-state index contributed by atoms with van der Waals surface area (Å²) in [5, 5.41) is 6.96. The molecule has 0 saturated carbocycles. The third-order valence-corrected chi connectivity index (χ3v) is 2.22. The number of piperazine rings is 1. The number of hydrogen-bond donors (Lipinski definition) is 1. The van der Waals surface area contributed by atoms with Crippen molar-refractivity contribution < 1.29 is 4.52 Å². The molecule has 2 rings (SSSR count). The van der Waals surface area contributed by atoms with Gasteiger partial charge in [-0.3, -0.25) is 4.90 Å². The van der Waals surface area contributed by atoms with Crippen molar-refractivity contribution in [2.24, 2.45) is 0 Å². The van der Waals surface area contributed by atoms with Crippen molar-refractivity contribution in [1.82, 2.24) is 20.4 Å². The quantitative estimate of drug-likeness (QED) is 0.690. The summed E-state index contributed by atoms with van der Waals surface area (Å²) in [7, 11) is 0. The van der Waals surface area contributed by atoms with Crippen LogP contribution in [0.2, 0.25) is 0 Å². The van der Waals surface area contributed by atoms with Crippen LogP contribution in [0.15, 0.2) is 10.9 Å². The van der Waals surface area contributed by atoms with Gasteiger partial charge in [-0.1, -0.05) is 5.16 Å². The van der Waals surface area contributed by atoms with E-state index in [0.717, 1.165) is 26.2 Å². The van der Waals surface area contributed by atoms with E-state index in [2.05, 4.69) is 27.3 Å². The van der Waals surface area contributed by atoms with Crippen molar-refractivity contribution in [3.8, 4) is 0 Å². The lowest BCUT2D eigenvalue weighted by atomic mass is 10.2. The van der Waals surface area contributed by atoms with Crippen molar-refractivity contribution in [2.45, 2.75) is 19.5 Å². The van der Waals surface area contributed by atoms with E-state index in [1.165, 1.54) is 6.33 Å². The molecule has 0 aromatic carbocycles. The molecule has 0 bridgehead atoms. The van der Waals surface area contributed by atoms with E-state index in [1.807, 2.05) is 0 Å². The predicted octanol–water partition coefficient (Wildman–Crippen LogP) is -0.137. The van der Waals surface area contributed by atoms with Crippen LogP contribution in [-0.2, 0) is 6.54 Å². The summed E-state index contributed by atoms with van der Waals surface area (Å²) in [5.41, 5.74) is 0. The second-order valence-corrected chi connectivity index (χ2v) is 3.43. The van der Waals surface area contributed by atoms with Gasteiger partial charge < -0.3 is 9.84 Å². The average Bonchev–Trinajstić information content (AvgIpc) is 2.57. The number of nitrogens with one attached hydrogen (secondary N) is 1. The first-order valence-electron chi connectivity index (χ1n) is 4.56. The molecule has 0 unspecified atom stereocenters. The van der Waals surface area contributed by atoms with Gasteiger partial charge in [0.1, 0.15) is 0 Å². The van der Waals surface area contributed by atoms with E-state index < -0.39 is 0 Å². The van der Waals surface area contributed by atoms with Crippen LogP contribution >= 0.6 is 0 Å². The van der Waals surface area contributed by atoms with Crippen molar-refractivity contribution in [1.29, 1.82) is 0 Å². The Bertz CT molecular complexity index is 249. The van der Waals surface area contributed by atoms with Crippen LogP contribution in [0.1, 0.15) is 12.8 Å². The number of hydrogen-bond acceptors (Lipinski definition) is 5. The second kappa shape index (κ2) is 3.85. The SMILES string of the molecule is C[C@@H]1CN(Cc2ncno2)CCN1. The Morgan fingerprint density at radius 2 is 2.69 bits per heavy atom. The van der Waals surface area contributed by atoms with Crippen LogP contribution in [0.5, 0.6) is 0 Å². The first kappa shape index (κ1) is 8.65. The minimum Gasteiger partial charge on any atom is -0.338 e. The lowest BCUT2D eigenvalue weighted by molar-refractivity contribution is 0.177. The van der Waals surface area contributed by atoms with Gasteiger partial charge >= 0.3 is 0 Å². The van der Waals surface area contributed by atoms with Crippen LogP contribution in [0.3, 0.4) is 0 Å². The van der Waals surface area contributed by atoms with E-state index in [4.69, 9.17) is 4.52 Å². The first-order chi connectivity index (χ1) is 6.34. The normalized spacial score (nSPS) is 24.8. The molecule has 5 heteroatoms. The summed E-state index contributed by atoms with van der Waals surface area (Å²) < 4.78 is 4.95. The molecular formula is C8H14N4O. The Kier molecular flexibility index (Phi) is 2.56. The molecule has 1 aromatic rings. The van der Waals surface area contributed by atoms with Crippen molar-refractivity contribution >= 4 is 0 Å². The zero-order chi connectivity index (χ0) is 9.10. The number of nitrogens with zero attached hydrogens (tertiary/aromatic N) is 3. The lowest BCUT2D eigenvalue weighted by Crippen LogP contribution is -2.48. The molecule has 1 aliphatic rings. The summed E-state index contributed by atoms with van der Waals surface area (Å²) in [5.74, 6) is 0.703. The highest BCUT2D eigenvalue weighted by Gasteiger charge is 2.16. The van der Waals surface area contributed by atoms with Crippen LogP contribution in [0, 0.1) is 0 Å². The van der Waals surface area contributed by atoms with Gasteiger partial charge in [-0.25, -0.2) is 0 Å². The Morgan fingerprint density at radius 3 is 3.38 bits per heavy atom. The largest absolute Gasteiger partial charge is 0.338 e. The van der Waals surface area contributed by atoms with E-state index in [-0.39, 0.29) is 0 Å². The number of aromatic nitrogens is 2. The Balaban J connectivity index is 1.87. The summed E-state index contributed by atoms with van der Waals surface area (Å²) in [6.07, 6.45) is 1.45. The second-order valence-electron chi connectivity index (χ2n) is 3.43. The minimum atomic E-state index is 0.552. The van der Waals surface area contributed by atoms with Crippen molar-refractivity contribution in [3.63, 3.8) is 0 Å². The highest BCUT2D eigenvalue weighted by Crippen LogP contribution is 2.03. The molecule has 0 radical (unpaired) electrons.